The highest BCUT2D eigenvalue weighted by molar-refractivity contribution is 6.30. The van der Waals surface area contributed by atoms with Crippen molar-refractivity contribution in [2.24, 2.45) is 0 Å². The molecule has 0 fully saturated rings. The molecule has 3 aromatic rings. The third-order valence-corrected chi connectivity index (χ3v) is 4.39. The highest BCUT2D eigenvalue weighted by Crippen LogP contribution is 2.18. The van der Waals surface area contributed by atoms with E-state index in [1.54, 1.807) is 67.8 Å². The fourth-order valence-corrected chi connectivity index (χ4v) is 2.73. The summed E-state index contributed by atoms with van der Waals surface area (Å²) in [6, 6.07) is 20.9. The summed E-state index contributed by atoms with van der Waals surface area (Å²) in [7, 11) is 1.56. The summed E-state index contributed by atoms with van der Waals surface area (Å²) in [6.07, 6.45) is 0. The minimum atomic E-state index is -0.305. The van der Waals surface area contributed by atoms with Crippen molar-refractivity contribution in [1.82, 2.24) is 5.32 Å². The van der Waals surface area contributed by atoms with Crippen molar-refractivity contribution in [3.05, 3.63) is 94.5 Å². The summed E-state index contributed by atoms with van der Waals surface area (Å²) in [5, 5.41) is 6.29. The number of methoxy groups -OCH3 is 1. The second kappa shape index (κ2) is 9.06. The first-order valence-electron chi connectivity index (χ1n) is 8.64. The zero-order valence-corrected chi connectivity index (χ0v) is 16.0. The van der Waals surface area contributed by atoms with Crippen LogP contribution in [-0.2, 0) is 6.54 Å². The van der Waals surface area contributed by atoms with E-state index in [4.69, 9.17) is 16.3 Å². The maximum absolute atomic E-state index is 12.6. The lowest BCUT2D eigenvalue weighted by molar-refractivity contribution is 0.0952. The van der Waals surface area contributed by atoms with Crippen LogP contribution in [0.4, 0.5) is 5.69 Å². The van der Waals surface area contributed by atoms with Crippen LogP contribution in [0.3, 0.4) is 0 Å². The van der Waals surface area contributed by atoms with Gasteiger partial charge in [-0.1, -0.05) is 35.9 Å². The van der Waals surface area contributed by atoms with Crippen LogP contribution in [0.25, 0.3) is 0 Å². The van der Waals surface area contributed by atoms with E-state index >= 15 is 0 Å². The van der Waals surface area contributed by atoms with Crippen LogP contribution in [0.1, 0.15) is 26.3 Å². The Morgan fingerprint density at radius 3 is 2.25 bits per heavy atom. The lowest BCUT2D eigenvalue weighted by Crippen LogP contribution is -2.24. The number of nitrogens with one attached hydrogen (secondary N) is 2. The van der Waals surface area contributed by atoms with E-state index in [0.29, 0.717) is 34.1 Å². The molecular weight excluding hydrogens is 376 g/mol. The molecule has 0 unspecified atom stereocenters. The number of rotatable bonds is 6. The van der Waals surface area contributed by atoms with Gasteiger partial charge in [-0.05, 0) is 54.1 Å². The van der Waals surface area contributed by atoms with Gasteiger partial charge in [-0.25, -0.2) is 0 Å². The first-order chi connectivity index (χ1) is 13.6. The van der Waals surface area contributed by atoms with Gasteiger partial charge >= 0.3 is 0 Å². The van der Waals surface area contributed by atoms with E-state index in [-0.39, 0.29) is 11.8 Å². The smallest absolute Gasteiger partial charge is 0.255 e. The van der Waals surface area contributed by atoms with Crippen molar-refractivity contribution in [3.63, 3.8) is 0 Å². The Hall–Kier alpha value is -3.31. The van der Waals surface area contributed by atoms with Gasteiger partial charge in [-0.15, -0.1) is 0 Å². The molecule has 2 amide bonds. The topological polar surface area (TPSA) is 67.4 Å². The van der Waals surface area contributed by atoms with Crippen molar-refractivity contribution in [2.45, 2.75) is 6.54 Å². The largest absolute Gasteiger partial charge is 0.497 e. The van der Waals surface area contributed by atoms with Gasteiger partial charge in [-0.3, -0.25) is 9.59 Å². The van der Waals surface area contributed by atoms with Crippen LogP contribution in [0, 0.1) is 0 Å². The molecular formula is C22H19ClN2O3. The zero-order chi connectivity index (χ0) is 19.9. The highest BCUT2D eigenvalue weighted by atomic mass is 35.5. The Labute approximate surface area is 168 Å². The molecule has 0 bridgehead atoms. The molecule has 142 valence electrons. The maximum atomic E-state index is 12.6. The molecule has 0 aliphatic heterocycles. The predicted octanol–water partition coefficient (Wildman–Crippen LogP) is 4.53. The number of amides is 2. The van der Waals surface area contributed by atoms with Crippen LogP contribution in [0.5, 0.6) is 5.75 Å². The SMILES string of the molecule is COc1ccc(C(=O)Nc2ccccc2C(=O)NCc2ccc(Cl)cc2)cc1. The van der Waals surface area contributed by atoms with E-state index in [9.17, 15) is 9.59 Å². The number of carbonyl (C=O) groups is 2. The van der Waals surface area contributed by atoms with E-state index in [1.807, 2.05) is 12.1 Å². The molecule has 0 saturated carbocycles. The van der Waals surface area contributed by atoms with Gasteiger partial charge in [-0.2, -0.15) is 0 Å². The summed E-state index contributed by atoms with van der Waals surface area (Å²) < 4.78 is 5.10. The average molecular weight is 395 g/mol. The quantitative estimate of drug-likeness (QED) is 0.645. The van der Waals surface area contributed by atoms with E-state index < -0.39 is 0 Å². The molecule has 0 aliphatic rings. The molecule has 0 saturated heterocycles. The highest BCUT2D eigenvalue weighted by Gasteiger charge is 2.14. The van der Waals surface area contributed by atoms with Gasteiger partial charge < -0.3 is 15.4 Å². The minimum absolute atomic E-state index is 0.277. The molecule has 0 aliphatic carbocycles. The average Bonchev–Trinajstić information content (AvgIpc) is 2.73. The molecule has 2 N–H and O–H groups in total. The molecule has 3 aromatic carbocycles. The van der Waals surface area contributed by atoms with Crippen LogP contribution < -0.4 is 15.4 Å². The summed E-state index contributed by atoms with van der Waals surface area (Å²) in [5.41, 5.74) is 2.23. The number of ether oxygens (including phenoxy) is 1. The second-order valence-electron chi connectivity index (χ2n) is 6.04. The van der Waals surface area contributed by atoms with Crippen molar-refractivity contribution in [1.29, 1.82) is 0 Å². The fourth-order valence-electron chi connectivity index (χ4n) is 2.61. The predicted molar refractivity (Wildman–Crippen MR) is 110 cm³/mol. The van der Waals surface area contributed by atoms with Crippen LogP contribution in [-0.4, -0.2) is 18.9 Å². The van der Waals surface area contributed by atoms with E-state index in [1.165, 1.54) is 0 Å². The second-order valence-corrected chi connectivity index (χ2v) is 6.47. The maximum Gasteiger partial charge on any atom is 0.255 e. The van der Waals surface area contributed by atoms with Gasteiger partial charge in [0.15, 0.2) is 0 Å². The molecule has 0 atom stereocenters. The number of carbonyl (C=O) groups excluding carboxylic acids is 2. The lowest BCUT2D eigenvalue weighted by Gasteiger charge is -2.12. The summed E-state index contributed by atoms with van der Waals surface area (Å²) in [5.74, 6) is 0.0831. The number of benzene rings is 3. The Morgan fingerprint density at radius 1 is 0.893 bits per heavy atom. The van der Waals surface area contributed by atoms with Gasteiger partial charge in [0.1, 0.15) is 5.75 Å². The normalized spacial score (nSPS) is 10.2. The standard InChI is InChI=1S/C22H19ClN2O3/c1-28-18-12-8-16(9-13-18)21(26)25-20-5-3-2-4-19(20)22(27)24-14-15-6-10-17(23)11-7-15/h2-13H,14H2,1H3,(H,24,27)(H,25,26). The Balaban J connectivity index is 1.70. The number of anilines is 1. The van der Waals surface area contributed by atoms with E-state index in [2.05, 4.69) is 10.6 Å². The van der Waals surface area contributed by atoms with Crippen molar-refractivity contribution >= 4 is 29.1 Å². The van der Waals surface area contributed by atoms with Crippen LogP contribution in [0.15, 0.2) is 72.8 Å². The fraction of sp³-hybridized carbons (Fsp3) is 0.0909. The summed E-state index contributed by atoms with van der Waals surface area (Å²) in [6.45, 7) is 0.358. The van der Waals surface area contributed by atoms with Crippen molar-refractivity contribution < 1.29 is 14.3 Å². The molecule has 0 aromatic heterocycles. The monoisotopic (exact) mass is 394 g/mol. The Kier molecular flexibility index (Phi) is 6.29. The lowest BCUT2D eigenvalue weighted by atomic mass is 10.1. The number of hydrogen-bond acceptors (Lipinski definition) is 3. The van der Waals surface area contributed by atoms with Gasteiger partial charge in [0.25, 0.3) is 11.8 Å². The molecule has 3 rings (SSSR count). The first-order valence-corrected chi connectivity index (χ1v) is 9.01. The van der Waals surface area contributed by atoms with Gasteiger partial charge in [0.2, 0.25) is 0 Å². The van der Waals surface area contributed by atoms with Crippen molar-refractivity contribution in [3.8, 4) is 5.75 Å². The zero-order valence-electron chi connectivity index (χ0n) is 15.2. The minimum Gasteiger partial charge on any atom is -0.497 e. The third-order valence-electron chi connectivity index (χ3n) is 4.14. The Bertz CT molecular complexity index is 970. The first kappa shape index (κ1) is 19.5. The molecule has 6 heteroatoms. The molecule has 0 radical (unpaired) electrons. The van der Waals surface area contributed by atoms with Gasteiger partial charge in [0, 0.05) is 17.1 Å². The number of hydrogen-bond donors (Lipinski definition) is 2. The molecule has 0 heterocycles. The molecule has 5 nitrogen and oxygen atoms in total. The number of halogens is 1. The van der Waals surface area contributed by atoms with Crippen LogP contribution >= 0.6 is 11.6 Å². The Morgan fingerprint density at radius 2 is 1.57 bits per heavy atom. The summed E-state index contributed by atoms with van der Waals surface area (Å²) in [4.78, 5) is 25.1. The van der Waals surface area contributed by atoms with Crippen molar-refractivity contribution in [2.75, 3.05) is 12.4 Å². The molecule has 0 spiro atoms. The van der Waals surface area contributed by atoms with E-state index in [0.717, 1.165) is 5.56 Å². The molecule has 28 heavy (non-hydrogen) atoms. The third kappa shape index (κ3) is 4.90. The van der Waals surface area contributed by atoms with Gasteiger partial charge in [0.05, 0.1) is 18.4 Å². The number of para-hydroxylation sites is 1. The van der Waals surface area contributed by atoms with Crippen LogP contribution in [0.2, 0.25) is 5.02 Å². The summed E-state index contributed by atoms with van der Waals surface area (Å²) >= 11 is 5.87.